The summed E-state index contributed by atoms with van der Waals surface area (Å²) in [6.07, 6.45) is 2.19. The van der Waals surface area contributed by atoms with Crippen molar-refractivity contribution in [1.29, 1.82) is 0 Å². The van der Waals surface area contributed by atoms with Crippen molar-refractivity contribution in [3.8, 4) is 0 Å². The van der Waals surface area contributed by atoms with E-state index < -0.39 is 0 Å². The molecule has 3 nitrogen and oxygen atoms in total. The first-order valence-corrected chi connectivity index (χ1v) is 6.52. The van der Waals surface area contributed by atoms with Gasteiger partial charge in [0.2, 0.25) is 6.41 Å². The second-order valence-electron chi connectivity index (χ2n) is 3.30. The van der Waals surface area contributed by atoms with E-state index in [0.29, 0.717) is 15.1 Å². The summed E-state index contributed by atoms with van der Waals surface area (Å²) in [7, 11) is 0. The van der Waals surface area contributed by atoms with Crippen LogP contribution in [-0.2, 0) is 4.79 Å². The molecule has 0 aliphatic carbocycles. The van der Waals surface area contributed by atoms with Gasteiger partial charge in [-0.3, -0.25) is 9.10 Å². The Labute approximate surface area is 119 Å². The molecule has 1 aromatic heterocycles. The van der Waals surface area contributed by atoms with E-state index >= 15 is 0 Å². The number of benzene rings is 1. The predicted molar refractivity (Wildman–Crippen MR) is 75.1 cm³/mol. The van der Waals surface area contributed by atoms with Gasteiger partial charge in [-0.05, 0) is 30.1 Å². The van der Waals surface area contributed by atoms with Crippen molar-refractivity contribution in [2.75, 3.05) is 4.31 Å². The van der Waals surface area contributed by atoms with Crippen molar-refractivity contribution in [3.05, 3.63) is 52.8 Å². The second kappa shape index (κ2) is 6.09. The number of carbonyl (C=O) groups excluding carboxylic acids is 1. The van der Waals surface area contributed by atoms with Gasteiger partial charge in [-0.25, -0.2) is 4.98 Å². The van der Waals surface area contributed by atoms with Crippen LogP contribution in [0.25, 0.3) is 0 Å². The highest BCUT2D eigenvalue weighted by Crippen LogP contribution is 2.33. The highest BCUT2D eigenvalue weighted by atomic mass is 35.5. The van der Waals surface area contributed by atoms with E-state index in [1.54, 1.807) is 6.07 Å². The Morgan fingerprint density at radius 3 is 2.61 bits per heavy atom. The van der Waals surface area contributed by atoms with E-state index in [1.165, 1.54) is 22.4 Å². The maximum atomic E-state index is 11.1. The number of anilines is 1. The van der Waals surface area contributed by atoms with E-state index in [2.05, 4.69) is 4.98 Å². The van der Waals surface area contributed by atoms with Gasteiger partial charge in [-0.1, -0.05) is 41.4 Å². The lowest BCUT2D eigenvalue weighted by Crippen LogP contribution is -2.10. The minimum absolute atomic E-state index is 0.334. The van der Waals surface area contributed by atoms with Crippen molar-refractivity contribution in [1.82, 2.24) is 4.98 Å². The van der Waals surface area contributed by atoms with Gasteiger partial charge in [0, 0.05) is 6.20 Å². The molecule has 0 saturated heterocycles. The fourth-order valence-corrected chi connectivity index (χ4v) is 2.50. The largest absolute Gasteiger partial charge is 0.277 e. The Bertz CT molecular complexity index is 551. The van der Waals surface area contributed by atoms with Crippen molar-refractivity contribution in [3.63, 3.8) is 0 Å². The Kier molecular flexibility index (Phi) is 4.47. The summed E-state index contributed by atoms with van der Waals surface area (Å²) < 4.78 is 1.47. The standard InChI is InChI=1S/C12H8Cl2N2OS/c13-10-7-15-12(14)6-11(10)18-16(8-17)9-4-2-1-3-5-9/h1-8H. The first kappa shape index (κ1) is 13.2. The summed E-state index contributed by atoms with van der Waals surface area (Å²) in [5.41, 5.74) is 0.765. The topological polar surface area (TPSA) is 33.2 Å². The Hall–Kier alpha value is -1.23. The zero-order valence-electron chi connectivity index (χ0n) is 9.09. The molecule has 1 aromatic carbocycles. The molecule has 0 N–H and O–H groups in total. The van der Waals surface area contributed by atoms with Crippen molar-refractivity contribution in [2.45, 2.75) is 4.90 Å². The molecule has 92 valence electrons. The zero-order valence-corrected chi connectivity index (χ0v) is 11.4. The van der Waals surface area contributed by atoms with Crippen LogP contribution in [-0.4, -0.2) is 11.4 Å². The number of nitrogens with zero attached hydrogens (tertiary/aromatic N) is 2. The average molecular weight is 299 g/mol. The molecule has 2 aromatic rings. The summed E-state index contributed by atoms with van der Waals surface area (Å²) in [5.74, 6) is 0. The molecule has 0 aliphatic heterocycles. The molecular formula is C12H8Cl2N2OS. The van der Waals surface area contributed by atoms with E-state index in [-0.39, 0.29) is 0 Å². The van der Waals surface area contributed by atoms with E-state index in [0.717, 1.165) is 12.1 Å². The number of hydrogen-bond donors (Lipinski definition) is 0. The molecule has 2 rings (SSSR count). The van der Waals surface area contributed by atoms with Crippen LogP contribution in [0.5, 0.6) is 0 Å². The highest BCUT2D eigenvalue weighted by molar-refractivity contribution is 8.01. The SMILES string of the molecule is O=CN(Sc1cc(Cl)ncc1Cl)c1ccccc1. The highest BCUT2D eigenvalue weighted by Gasteiger charge is 2.10. The number of carbonyl (C=O) groups is 1. The molecule has 1 heterocycles. The minimum Gasteiger partial charge on any atom is -0.277 e. The van der Waals surface area contributed by atoms with Gasteiger partial charge < -0.3 is 0 Å². The van der Waals surface area contributed by atoms with Gasteiger partial charge in [0.05, 0.1) is 15.6 Å². The molecule has 0 atom stereocenters. The zero-order chi connectivity index (χ0) is 13.0. The van der Waals surface area contributed by atoms with Crippen LogP contribution in [0.3, 0.4) is 0 Å². The summed E-state index contributed by atoms with van der Waals surface area (Å²) in [6, 6.07) is 10.9. The van der Waals surface area contributed by atoms with Gasteiger partial charge >= 0.3 is 0 Å². The normalized spacial score (nSPS) is 10.1. The fraction of sp³-hybridized carbons (Fsp3) is 0. The fourth-order valence-electron chi connectivity index (χ4n) is 1.28. The molecule has 0 spiro atoms. The molecule has 0 unspecified atom stereocenters. The lowest BCUT2D eigenvalue weighted by atomic mass is 10.3. The molecule has 0 aliphatic rings. The third-order valence-electron chi connectivity index (χ3n) is 2.09. The van der Waals surface area contributed by atoms with Crippen molar-refractivity contribution in [2.24, 2.45) is 0 Å². The van der Waals surface area contributed by atoms with Crippen molar-refractivity contribution < 1.29 is 4.79 Å². The number of amides is 1. The summed E-state index contributed by atoms with van der Waals surface area (Å²) in [4.78, 5) is 15.7. The van der Waals surface area contributed by atoms with Crippen LogP contribution >= 0.6 is 35.1 Å². The number of pyridine rings is 1. The summed E-state index contributed by atoms with van der Waals surface area (Å²) in [6.45, 7) is 0. The quantitative estimate of drug-likeness (QED) is 0.485. The van der Waals surface area contributed by atoms with Crippen LogP contribution in [0.1, 0.15) is 0 Å². The van der Waals surface area contributed by atoms with Crippen LogP contribution in [0, 0.1) is 0 Å². The van der Waals surface area contributed by atoms with Gasteiger partial charge in [0.1, 0.15) is 5.15 Å². The van der Waals surface area contributed by atoms with Gasteiger partial charge in [-0.2, -0.15) is 0 Å². The van der Waals surface area contributed by atoms with Gasteiger partial charge in [0.15, 0.2) is 0 Å². The number of para-hydroxylation sites is 1. The molecule has 18 heavy (non-hydrogen) atoms. The Morgan fingerprint density at radius 1 is 1.22 bits per heavy atom. The number of halogens is 2. The van der Waals surface area contributed by atoms with Crippen LogP contribution in [0.4, 0.5) is 5.69 Å². The Morgan fingerprint density at radius 2 is 1.94 bits per heavy atom. The van der Waals surface area contributed by atoms with Crippen LogP contribution < -0.4 is 4.31 Å². The monoisotopic (exact) mass is 298 g/mol. The molecular weight excluding hydrogens is 291 g/mol. The van der Waals surface area contributed by atoms with E-state index in [4.69, 9.17) is 23.2 Å². The molecule has 0 saturated carbocycles. The smallest absolute Gasteiger partial charge is 0.224 e. The molecule has 0 radical (unpaired) electrons. The number of rotatable bonds is 4. The summed E-state index contributed by atoms with van der Waals surface area (Å²) >= 11 is 13.0. The third kappa shape index (κ3) is 3.16. The number of hydrogen-bond acceptors (Lipinski definition) is 3. The van der Waals surface area contributed by atoms with Gasteiger partial charge in [0.25, 0.3) is 0 Å². The molecule has 1 amide bonds. The van der Waals surface area contributed by atoms with Crippen LogP contribution in [0.15, 0.2) is 47.5 Å². The lowest BCUT2D eigenvalue weighted by Gasteiger charge is -2.16. The average Bonchev–Trinajstić information content (AvgIpc) is 2.41. The first-order valence-electron chi connectivity index (χ1n) is 4.99. The lowest BCUT2D eigenvalue weighted by molar-refractivity contribution is -0.106. The van der Waals surface area contributed by atoms with Gasteiger partial charge in [-0.15, -0.1) is 0 Å². The third-order valence-corrected chi connectivity index (χ3v) is 3.74. The minimum atomic E-state index is 0.334. The second-order valence-corrected chi connectivity index (χ2v) is 5.11. The number of aromatic nitrogens is 1. The maximum Gasteiger partial charge on any atom is 0.224 e. The molecule has 0 fully saturated rings. The van der Waals surface area contributed by atoms with Crippen LogP contribution in [0.2, 0.25) is 10.2 Å². The molecule has 0 bridgehead atoms. The van der Waals surface area contributed by atoms with E-state index in [1.807, 2.05) is 30.3 Å². The molecule has 6 heteroatoms. The Balaban J connectivity index is 2.26. The van der Waals surface area contributed by atoms with E-state index in [9.17, 15) is 4.79 Å². The predicted octanol–water partition coefficient (Wildman–Crippen LogP) is 4.06. The summed E-state index contributed by atoms with van der Waals surface area (Å²) in [5, 5.41) is 0.785. The first-order chi connectivity index (χ1) is 8.70. The van der Waals surface area contributed by atoms with Crippen molar-refractivity contribution >= 4 is 47.2 Å². The maximum absolute atomic E-state index is 11.1.